The maximum atomic E-state index is 15.5. The third-order valence-electron chi connectivity index (χ3n) is 5.45. The van der Waals surface area contributed by atoms with E-state index in [0.29, 0.717) is 25.9 Å². The van der Waals surface area contributed by atoms with Crippen molar-refractivity contribution in [1.82, 2.24) is 10.3 Å². The van der Waals surface area contributed by atoms with Crippen LogP contribution < -0.4 is 21.4 Å². The third-order valence-corrected chi connectivity index (χ3v) is 5.45. The molecule has 150 valence electrons. The van der Waals surface area contributed by atoms with Crippen LogP contribution in [0.5, 0.6) is 0 Å². The van der Waals surface area contributed by atoms with Crippen LogP contribution in [0, 0.1) is 11.6 Å². The summed E-state index contributed by atoms with van der Waals surface area (Å²) in [6.07, 6.45) is 1.42. The number of nitrogens with two attached hydrogens (primary N) is 1. The largest absolute Gasteiger partial charge is 0.477 e. The number of hydrogen-bond donors (Lipinski definition) is 4. The van der Waals surface area contributed by atoms with Crippen LogP contribution in [0.1, 0.15) is 48.7 Å². The van der Waals surface area contributed by atoms with Gasteiger partial charge in [-0.25, -0.2) is 13.6 Å². The summed E-state index contributed by atoms with van der Waals surface area (Å²) in [5.74, 6) is -3.53. The molecule has 0 radical (unpaired) electrons. The first-order valence-electron chi connectivity index (χ1n) is 9.31. The predicted octanol–water partition coefficient (Wildman–Crippen LogP) is 2.15. The minimum absolute atomic E-state index is 0.00920. The number of nitrogen functional groups attached to an aromatic ring is 1. The second-order valence-electron chi connectivity index (χ2n) is 7.84. The highest BCUT2D eigenvalue weighted by atomic mass is 19.1. The second-order valence-corrected chi connectivity index (χ2v) is 7.84. The highest BCUT2D eigenvalue weighted by Crippen LogP contribution is 2.42. The van der Waals surface area contributed by atoms with Gasteiger partial charge in [0.1, 0.15) is 11.3 Å². The van der Waals surface area contributed by atoms with E-state index in [1.54, 1.807) is 4.90 Å². The van der Waals surface area contributed by atoms with E-state index in [-0.39, 0.29) is 34.9 Å². The standard InChI is InChI=1S/C19H22F2N4O3/c1-7-5-25(6-8(2)23-7)17-12(20)14(22)10-16(13(17)21)24-15(9-3-4-9)11(18(10)26)19(27)28/h7-9,23H,3-6,22H2,1-2H3,(H,24,26)(H,27,28). The summed E-state index contributed by atoms with van der Waals surface area (Å²) >= 11 is 0. The minimum Gasteiger partial charge on any atom is -0.477 e. The van der Waals surface area contributed by atoms with E-state index in [0.717, 1.165) is 0 Å². The van der Waals surface area contributed by atoms with Crippen LogP contribution in [-0.2, 0) is 0 Å². The molecule has 1 saturated carbocycles. The predicted molar refractivity (Wildman–Crippen MR) is 102 cm³/mol. The number of halogens is 2. The highest BCUT2D eigenvalue weighted by Gasteiger charge is 2.35. The van der Waals surface area contributed by atoms with Gasteiger partial charge in [-0.3, -0.25) is 4.79 Å². The number of anilines is 2. The van der Waals surface area contributed by atoms with E-state index in [2.05, 4.69) is 10.3 Å². The van der Waals surface area contributed by atoms with Gasteiger partial charge in [0, 0.05) is 36.8 Å². The first-order chi connectivity index (χ1) is 13.2. The lowest BCUT2D eigenvalue weighted by atomic mass is 10.0. The lowest BCUT2D eigenvalue weighted by Gasteiger charge is -2.38. The smallest absolute Gasteiger partial charge is 0.341 e. The Kier molecular flexibility index (Phi) is 4.29. The van der Waals surface area contributed by atoms with Crippen molar-refractivity contribution in [2.45, 2.75) is 44.7 Å². The molecule has 1 aliphatic heterocycles. The number of rotatable bonds is 3. The van der Waals surface area contributed by atoms with E-state index < -0.39 is 39.7 Å². The Morgan fingerprint density at radius 3 is 2.32 bits per heavy atom. The van der Waals surface area contributed by atoms with Crippen molar-refractivity contribution in [3.8, 4) is 0 Å². The molecule has 28 heavy (non-hydrogen) atoms. The van der Waals surface area contributed by atoms with Crippen LogP contribution >= 0.6 is 0 Å². The number of benzene rings is 1. The average molecular weight is 392 g/mol. The molecule has 1 saturated heterocycles. The Morgan fingerprint density at radius 2 is 1.79 bits per heavy atom. The Balaban J connectivity index is 2.01. The molecule has 4 rings (SSSR count). The van der Waals surface area contributed by atoms with Crippen LogP contribution in [0.15, 0.2) is 4.79 Å². The van der Waals surface area contributed by atoms with Gasteiger partial charge in [-0.05, 0) is 26.7 Å². The van der Waals surface area contributed by atoms with E-state index in [1.165, 1.54) is 0 Å². The van der Waals surface area contributed by atoms with Crippen molar-refractivity contribution in [2.24, 2.45) is 0 Å². The monoisotopic (exact) mass is 392 g/mol. The van der Waals surface area contributed by atoms with Crippen molar-refractivity contribution in [1.29, 1.82) is 0 Å². The zero-order chi connectivity index (χ0) is 20.3. The first-order valence-corrected chi connectivity index (χ1v) is 9.31. The maximum absolute atomic E-state index is 15.5. The van der Waals surface area contributed by atoms with Crippen LogP contribution in [0.3, 0.4) is 0 Å². The van der Waals surface area contributed by atoms with Crippen molar-refractivity contribution in [2.75, 3.05) is 23.7 Å². The number of aromatic amines is 1. The average Bonchev–Trinajstić information content (AvgIpc) is 3.43. The number of aromatic nitrogens is 1. The Bertz CT molecular complexity index is 1040. The SMILES string of the molecule is CC1CN(c2c(F)c(N)c3c(=O)c(C(=O)O)c(C4CC4)[nH]c3c2F)CC(C)N1. The molecule has 1 aromatic carbocycles. The van der Waals surface area contributed by atoms with E-state index in [9.17, 15) is 14.7 Å². The number of aromatic carboxylic acids is 1. The molecule has 0 spiro atoms. The fourth-order valence-electron chi connectivity index (χ4n) is 4.17. The summed E-state index contributed by atoms with van der Waals surface area (Å²) in [4.78, 5) is 28.8. The lowest BCUT2D eigenvalue weighted by molar-refractivity contribution is 0.0694. The molecular formula is C19H22F2N4O3. The zero-order valence-electron chi connectivity index (χ0n) is 15.6. The van der Waals surface area contributed by atoms with Crippen LogP contribution in [0.4, 0.5) is 20.2 Å². The summed E-state index contributed by atoms with van der Waals surface area (Å²) in [5.41, 5.74) is 3.57. The number of hydrogen-bond acceptors (Lipinski definition) is 5. The van der Waals surface area contributed by atoms with E-state index in [1.807, 2.05) is 13.8 Å². The van der Waals surface area contributed by atoms with Gasteiger partial charge in [0.2, 0.25) is 5.43 Å². The number of fused-ring (bicyclic) bond motifs is 1. The molecule has 5 N–H and O–H groups in total. The van der Waals surface area contributed by atoms with Crippen molar-refractivity contribution in [3.05, 3.63) is 33.1 Å². The van der Waals surface area contributed by atoms with Gasteiger partial charge in [0.15, 0.2) is 11.6 Å². The summed E-state index contributed by atoms with van der Waals surface area (Å²) in [6.45, 7) is 4.57. The molecule has 2 aromatic rings. The highest BCUT2D eigenvalue weighted by molar-refractivity contribution is 6.00. The van der Waals surface area contributed by atoms with Gasteiger partial charge in [0.05, 0.1) is 16.6 Å². The molecule has 2 unspecified atom stereocenters. The second kappa shape index (κ2) is 6.44. The molecule has 0 amide bonds. The number of pyridine rings is 1. The van der Waals surface area contributed by atoms with Crippen molar-refractivity contribution >= 4 is 28.2 Å². The van der Waals surface area contributed by atoms with E-state index >= 15 is 8.78 Å². The topological polar surface area (TPSA) is 111 Å². The summed E-state index contributed by atoms with van der Waals surface area (Å²) in [5, 5.41) is 12.3. The molecular weight excluding hydrogens is 370 g/mol. The Morgan fingerprint density at radius 1 is 1.18 bits per heavy atom. The van der Waals surface area contributed by atoms with Crippen LogP contribution in [0.2, 0.25) is 0 Å². The lowest BCUT2D eigenvalue weighted by Crippen LogP contribution is -2.54. The molecule has 2 fully saturated rings. The van der Waals surface area contributed by atoms with Gasteiger partial charge in [-0.15, -0.1) is 0 Å². The quantitative estimate of drug-likeness (QED) is 0.596. The minimum atomic E-state index is -1.43. The number of nitrogens with zero attached hydrogens (tertiary/aromatic N) is 1. The van der Waals surface area contributed by atoms with Crippen LogP contribution in [-0.4, -0.2) is 41.2 Å². The maximum Gasteiger partial charge on any atom is 0.341 e. The number of H-pyrrole nitrogens is 1. The number of nitrogens with one attached hydrogen (secondary N) is 2. The van der Waals surface area contributed by atoms with Crippen molar-refractivity contribution < 1.29 is 18.7 Å². The molecule has 2 heterocycles. The number of carboxylic acids is 1. The number of carboxylic acid groups (broad SMARTS) is 1. The van der Waals surface area contributed by atoms with E-state index in [4.69, 9.17) is 5.73 Å². The van der Waals surface area contributed by atoms with Gasteiger partial charge in [-0.1, -0.05) is 0 Å². The fourth-order valence-corrected chi connectivity index (χ4v) is 4.17. The molecule has 2 atom stereocenters. The molecule has 1 aliphatic carbocycles. The van der Waals surface area contributed by atoms with Crippen LogP contribution in [0.25, 0.3) is 10.9 Å². The number of piperazine rings is 1. The third kappa shape index (κ3) is 2.81. The molecule has 1 aromatic heterocycles. The van der Waals surface area contributed by atoms with Gasteiger partial charge >= 0.3 is 5.97 Å². The fraction of sp³-hybridized carbons (Fsp3) is 0.474. The number of carbonyl (C=O) groups is 1. The van der Waals surface area contributed by atoms with Crippen molar-refractivity contribution in [3.63, 3.8) is 0 Å². The van der Waals surface area contributed by atoms with Gasteiger partial charge in [-0.2, -0.15) is 0 Å². The Labute approximate surface area is 159 Å². The summed E-state index contributed by atoms with van der Waals surface area (Å²) < 4.78 is 30.5. The molecule has 0 bridgehead atoms. The van der Waals surface area contributed by atoms with Gasteiger partial charge < -0.3 is 26.0 Å². The zero-order valence-corrected chi connectivity index (χ0v) is 15.6. The Hall–Kier alpha value is -2.68. The molecule has 2 aliphatic rings. The first kappa shape index (κ1) is 18.7. The van der Waals surface area contributed by atoms with Gasteiger partial charge in [0.25, 0.3) is 0 Å². The molecule has 7 nitrogen and oxygen atoms in total. The summed E-state index contributed by atoms with van der Waals surface area (Å²) in [6, 6.07) is 0.0184. The summed E-state index contributed by atoms with van der Waals surface area (Å²) in [7, 11) is 0. The molecule has 9 heteroatoms. The normalized spacial score (nSPS) is 22.6.